The van der Waals surface area contributed by atoms with Crippen LogP contribution in [0.2, 0.25) is 0 Å². The van der Waals surface area contributed by atoms with E-state index in [2.05, 4.69) is 187 Å². The average molecular weight is 669 g/mol. The molecule has 0 fully saturated rings. The first-order valence-electron chi connectivity index (χ1n) is 17.8. The van der Waals surface area contributed by atoms with Gasteiger partial charge in [0.25, 0.3) is 0 Å². The van der Waals surface area contributed by atoms with Crippen LogP contribution in [0.15, 0.2) is 189 Å². The number of nitrogens with zero attached hydrogens (tertiary/aromatic N) is 2. The monoisotopic (exact) mass is 668 g/mol. The third-order valence-electron chi connectivity index (χ3n) is 10.0. The topological polar surface area (TPSA) is 9.86 Å². The lowest BCUT2D eigenvalue weighted by atomic mass is 9.98. The standard InChI is InChI=1S/C50H40N2/c1-5-8-16-36(7-3)39-24-30-49-46(32-39)47-34-41(26-31-50(47)52(49)42-19-14-11-15-20-42)40-25-29-48-45(33-40)44(21-9-6-2)35(4)51(48)43-27-22-38(23-28-43)37-17-12-10-13-18-37/h5-34H,2-3H2,1,4H3/b8-5-,21-9-,36-16+. The normalized spacial score (nSPS) is 12.2. The van der Waals surface area contributed by atoms with Gasteiger partial charge in [-0.15, -0.1) is 0 Å². The van der Waals surface area contributed by atoms with Crippen molar-refractivity contribution in [1.29, 1.82) is 0 Å². The van der Waals surface area contributed by atoms with Gasteiger partial charge in [-0.1, -0.05) is 135 Å². The molecule has 0 unspecified atom stereocenters. The van der Waals surface area contributed by atoms with Crippen molar-refractivity contribution in [2.75, 3.05) is 0 Å². The Kier molecular flexibility index (Phi) is 8.73. The molecule has 0 radical (unpaired) electrons. The Hall–Kier alpha value is -6.64. The van der Waals surface area contributed by atoms with Gasteiger partial charge in [-0.3, -0.25) is 0 Å². The first-order valence-corrected chi connectivity index (χ1v) is 17.8. The van der Waals surface area contributed by atoms with Crippen molar-refractivity contribution in [3.05, 3.63) is 206 Å². The van der Waals surface area contributed by atoms with E-state index in [1.54, 1.807) is 0 Å². The molecule has 8 aromatic rings. The first-order chi connectivity index (χ1) is 25.6. The predicted molar refractivity (Wildman–Crippen MR) is 225 cm³/mol. The van der Waals surface area contributed by atoms with Crippen molar-refractivity contribution >= 4 is 44.4 Å². The molecule has 0 spiro atoms. The highest BCUT2D eigenvalue weighted by atomic mass is 15.0. The number of hydrogen-bond donors (Lipinski definition) is 0. The summed E-state index contributed by atoms with van der Waals surface area (Å²) in [6, 6.07) is 50.6. The molecule has 0 N–H and O–H groups in total. The summed E-state index contributed by atoms with van der Waals surface area (Å²) in [5.74, 6) is 0. The number of rotatable bonds is 9. The molecule has 0 saturated carbocycles. The fraction of sp³-hybridized carbons (Fsp3) is 0.0400. The SMILES string of the molecule is C=C/C=C\c1c(C)n(-c2ccc(-c3ccccc3)cc2)c2ccc(-c3ccc4c(c3)c3cc(/C(C=C)=C/C=C\C)ccc3n4-c3ccccc3)cc12. The van der Waals surface area contributed by atoms with Crippen molar-refractivity contribution in [3.63, 3.8) is 0 Å². The minimum atomic E-state index is 1.09. The summed E-state index contributed by atoms with van der Waals surface area (Å²) in [5, 5.41) is 3.63. The molecule has 8 rings (SSSR count). The largest absolute Gasteiger partial charge is 0.313 e. The zero-order valence-electron chi connectivity index (χ0n) is 29.6. The third-order valence-corrected chi connectivity index (χ3v) is 10.0. The zero-order valence-corrected chi connectivity index (χ0v) is 29.6. The highest BCUT2D eigenvalue weighted by molar-refractivity contribution is 6.11. The lowest BCUT2D eigenvalue weighted by Crippen LogP contribution is -1.96. The number of allylic oxidation sites excluding steroid dienone is 7. The maximum atomic E-state index is 4.11. The van der Waals surface area contributed by atoms with Crippen molar-refractivity contribution in [3.8, 4) is 33.6 Å². The van der Waals surface area contributed by atoms with Gasteiger partial charge in [0.1, 0.15) is 0 Å². The fourth-order valence-corrected chi connectivity index (χ4v) is 7.48. The Bertz CT molecular complexity index is 2690. The van der Waals surface area contributed by atoms with Crippen molar-refractivity contribution in [1.82, 2.24) is 9.13 Å². The molecule has 2 aromatic heterocycles. The zero-order chi connectivity index (χ0) is 35.6. The van der Waals surface area contributed by atoms with Crippen molar-refractivity contribution in [2.24, 2.45) is 0 Å². The van der Waals surface area contributed by atoms with Crippen LogP contribution in [0.4, 0.5) is 0 Å². The Labute approximate surface area is 305 Å². The smallest absolute Gasteiger partial charge is 0.0541 e. The second-order valence-electron chi connectivity index (χ2n) is 13.1. The molecule has 250 valence electrons. The van der Waals surface area contributed by atoms with Gasteiger partial charge in [-0.05, 0) is 108 Å². The number of hydrogen-bond acceptors (Lipinski definition) is 0. The molecule has 0 aliphatic rings. The molecular weight excluding hydrogens is 629 g/mol. The molecule has 6 aromatic carbocycles. The van der Waals surface area contributed by atoms with Crippen LogP contribution in [0.5, 0.6) is 0 Å². The summed E-state index contributed by atoms with van der Waals surface area (Å²) in [7, 11) is 0. The minimum Gasteiger partial charge on any atom is -0.313 e. The summed E-state index contributed by atoms with van der Waals surface area (Å²) in [4.78, 5) is 0. The molecule has 0 aliphatic carbocycles. The van der Waals surface area contributed by atoms with Crippen LogP contribution >= 0.6 is 0 Å². The maximum Gasteiger partial charge on any atom is 0.0541 e. The number of para-hydroxylation sites is 1. The lowest BCUT2D eigenvalue weighted by molar-refractivity contribution is 1.05. The summed E-state index contributed by atoms with van der Waals surface area (Å²) >= 11 is 0. The summed E-state index contributed by atoms with van der Waals surface area (Å²) in [5.41, 5.74) is 15.2. The Balaban J connectivity index is 1.30. The molecule has 0 aliphatic heterocycles. The van der Waals surface area contributed by atoms with Crippen molar-refractivity contribution in [2.45, 2.75) is 13.8 Å². The van der Waals surface area contributed by atoms with E-state index in [9.17, 15) is 0 Å². The van der Waals surface area contributed by atoms with E-state index in [1.807, 2.05) is 31.2 Å². The van der Waals surface area contributed by atoms with Crippen LogP contribution in [-0.2, 0) is 0 Å². The second kappa shape index (κ2) is 13.9. The summed E-state index contributed by atoms with van der Waals surface area (Å²) in [6.45, 7) is 12.3. The van der Waals surface area contributed by atoms with Gasteiger partial charge >= 0.3 is 0 Å². The van der Waals surface area contributed by atoms with Gasteiger partial charge < -0.3 is 9.13 Å². The van der Waals surface area contributed by atoms with Gasteiger partial charge in [0.05, 0.1) is 16.6 Å². The molecule has 2 heterocycles. The fourth-order valence-electron chi connectivity index (χ4n) is 7.48. The average Bonchev–Trinajstić information content (AvgIpc) is 3.67. The minimum absolute atomic E-state index is 1.09. The molecule has 0 atom stereocenters. The number of fused-ring (bicyclic) bond motifs is 4. The second-order valence-corrected chi connectivity index (χ2v) is 13.1. The lowest BCUT2D eigenvalue weighted by Gasteiger charge is -2.11. The van der Waals surface area contributed by atoms with E-state index in [0.29, 0.717) is 0 Å². The van der Waals surface area contributed by atoms with E-state index in [4.69, 9.17) is 0 Å². The molecule has 0 bridgehead atoms. The highest BCUT2D eigenvalue weighted by Crippen LogP contribution is 2.39. The molecule has 52 heavy (non-hydrogen) atoms. The number of aromatic nitrogens is 2. The van der Waals surface area contributed by atoms with Gasteiger partial charge in [-0.2, -0.15) is 0 Å². The van der Waals surface area contributed by atoms with Crippen LogP contribution in [0, 0.1) is 6.92 Å². The number of benzene rings is 6. The third kappa shape index (κ3) is 5.75. The van der Waals surface area contributed by atoms with Crippen LogP contribution in [0.1, 0.15) is 23.7 Å². The molecule has 2 heteroatoms. The molecular formula is C50H40N2. The van der Waals surface area contributed by atoms with Gasteiger partial charge in [0, 0.05) is 38.8 Å². The molecule has 0 saturated heterocycles. The van der Waals surface area contributed by atoms with Crippen LogP contribution in [0.25, 0.3) is 78.0 Å². The highest BCUT2D eigenvalue weighted by Gasteiger charge is 2.17. The van der Waals surface area contributed by atoms with Crippen molar-refractivity contribution < 1.29 is 0 Å². The van der Waals surface area contributed by atoms with E-state index in [0.717, 1.165) is 22.5 Å². The van der Waals surface area contributed by atoms with E-state index < -0.39 is 0 Å². The molecule has 0 amide bonds. The maximum absolute atomic E-state index is 4.11. The van der Waals surface area contributed by atoms with Crippen LogP contribution in [-0.4, -0.2) is 9.13 Å². The first kappa shape index (κ1) is 32.6. The van der Waals surface area contributed by atoms with Crippen LogP contribution in [0.3, 0.4) is 0 Å². The Morgan fingerprint density at radius 3 is 1.75 bits per heavy atom. The Morgan fingerprint density at radius 2 is 1.10 bits per heavy atom. The van der Waals surface area contributed by atoms with E-state index in [1.165, 1.54) is 66.2 Å². The quantitative estimate of drug-likeness (QED) is 0.136. The summed E-state index contributed by atoms with van der Waals surface area (Å²) in [6.07, 6.45) is 14.2. The van der Waals surface area contributed by atoms with Gasteiger partial charge in [0.2, 0.25) is 0 Å². The van der Waals surface area contributed by atoms with Gasteiger partial charge in [0.15, 0.2) is 0 Å². The Morgan fingerprint density at radius 1 is 0.538 bits per heavy atom. The predicted octanol–water partition coefficient (Wildman–Crippen LogP) is 13.7. The van der Waals surface area contributed by atoms with E-state index >= 15 is 0 Å². The van der Waals surface area contributed by atoms with Gasteiger partial charge in [-0.25, -0.2) is 0 Å². The van der Waals surface area contributed by atoms with E-state index in [-0.39, 0.29) is 0 Å². The summed E-state index contributed by atoms with van der Waals surface area (Å²) < 4.78 is 4.74. The molecule has 2 nitrogen and oxygen atoms in total. The van der Waals surface area contributed by atoms with Crippen LogP contribution < -0.4 is 0 Å².